The van der Waals surface area contributed by atoms with Crippen LogP contribution in [0.25, 0.3) is 0 Å². The van der Waals surface area contributed by atoms with E-state index >= 15 is 0 Å². The van der Waals surface area contributed by atoms with Crippen molar-refractivity contribution in [2.75, 3.05) is 13.1 Å². The number of aliphatic hydroxyl groups excluding tert-OH is 1. The van der Waals surface area contributed by atoms with E-state index in [2.05, 4.69) is 5.32 Å². The van der Waals surface area contributed by atoms with Crippen molar-refractivity contribution in [1.29, 1.82) is 0 Å². The van der Waals surface area contributed by atoms with Gasteiger partial charge in [0.05, 0.1) is 6.10 Å². The first kappa shape index (κ1) is 20.4. The molecule has 1 aliphatic rings. The monoisotopic (exact) mass is 388 g/mol. The molecule has 0 aromatic carbocycles. The number of furan rings is 1. The summed E-state index contributed by atoms with van der Waals surface area (Å²) in [6.07, 6.45) is 2.31. The minimum Gasteiger partial charge on any atom is -0.475 e. The molecule has 2 unspecified atom stereocenters. The van der Waals surface area contributed by atoms with Crippen LogP contribution < -0.4 is 5.32 Å². The highest BCUT2D eigenvalue weighted by atomic mass is 32.2. The molecule has 1 amide bonds. The van der Waals surface area contributed by atoms with E-state index in [9.17, 15) is 23.1 Å². The molecule has 1 aromatic heterocycles. The normalized spacial score (nSPS) is 19.4. The fourth-order valence-corrected chi connectivity index (χ4v) is 4.42. The Kier molecular flexibility index (Phi) is 6.79. The maximum atomic E-state index is 12.7. The third kappa shape index (κ3) is 4.63. The summed E-state index contributed by atoms with van der Waals surface area (Å²) in [5.41, 5.74) is 0. The number of carbonyl (C=O) groups excluding carboxylic acids is 1. The number of carboxylic acids is 1. The van der Waals surface area contributed by atoms with Crippen LogP contribution in [-0.2, 0) is 14.8 Å². The number of hydrogen-bond acceptors (Lipinski definition) is 6. The van der Waals surface area contributed by atoms with Crippen molar-refractivity contribution < 1.29 is 32.6 Å². The van der Waals surface area contributed by atoms with E-state index in [1.54, 1.807) is 0 Å². The Labute approximate surface area is 152 Å². The number of nitrogens with one attached hydrogen (secondary N) is 1. The summed E-state index contributed by atoms with van der Waals surface area (Å²) in [6, 6.07) is 1.30. The molecule has 1 saturated heterocycles. The largest absolute Gasteiger partial charge is 0.475 e. The highest BCUT2D eigenvalue weighted by molar-refractivity contribution is 7.89. The van der Waals surface area contributed by atoms with Gasteiger partial charge in [0.2, 0.25) is 16.8 Å². The predicted octanol–water partition coefficient (Wildman–Crippen LogP) is 0.798. The predicted molar refractivity (Wildman–Crippen MR) is 91.1 cm³/mol. The van der Waals surface area contributed by atoms with Crippen LogP contribution in [0.1, 0.15) is 49.6 Å². The van der Waals surface area contributed by atoms with Gasteiger partial charge in [-0.05, 0) is 44.2 Å². The zero-order chi connectivity index (χ0) is 19.3. The molecule has 1 aliphatic heterocycles. The summed E-state index contributed by atoms with van der Waals surface area (Å²) in [4.78, 5) is 23.2. The van der Waals surface area contributed by atoms with Crippen LogP contribution in [0.15, 0.2) is 21.6 Å². The smallest absolute Gasteiger partial charge is 0.371 e. The fraction of sp³-hybridized carbons (Fsp3) is 0.625. The Hall–Kier alpha value is -1.91. The van der Waals surface area contributed by atoms with Gasteiger partial charge in [0.1, 0.15) is 6.04 Å². The Morgan fingerprint density at radius 3 is 2.77 bits per heavy atom. The van der Waals surface area contributed by atoms with Gasteiger partial charge < -0.3 is 19.9 Å². The Bertz CT molecular complexity index is 744. The van der Waals surface area contributed by atoms with E-state index < -0.39 is 44.9 Å². The number of carboxylic acid groups (broad SMARTS) is 1. The second-order valence-electron chi connectivity index (χ2n) is 6.19. The van der Waals surface area contributed by atoms with Crippen molar-refractivity contribution in [3.63, 3.8) is 0 Å². The third-order valence-electron chi connectivity index (χ3n) is 4.35. The molecule has 146 valence electrons. The molecule has 0 radical (unpaired) electrons. The van der Waals surface area contributed by atoms with Gasteiger partial charge >= 0.3 is 5.97 Å². The minimum absolute atomic E-state index is 0.165. The lowest BCUT2D eigenvalue weighted by Gasteiger charge is -2.22. The molecule has 2 atom stereocenters. The number of hydrogen-bond donors (Lipinski definition) is 3. The minimum atomic E-state index is -4.09. The van der Waals surface area contributed by atoms with Crippen molar-refractivity contribution >= 4 is 21.9 Å². The molecule has 1 fully saturated rings. The molecule has 0 spiro atoms. The Morgan fingerprint density at radius 1 is 1.42 bits per heavy atom. The van der Waals surface area contributed by atoms with E-state index in [4.69, 9.17) is 9.52 Å². The van der Waals surface area contributed by atoms with Crippen LogP contribution in [0.3, 0.4) is 0 Å². The van der Waals surface area contributed by atoms with Gasteiger partial charge in [0, 0.05) is 13.1 Å². The van der Waals surface area contributed by atoms with Gasteiger partial charge in [-0.2, -0.15) is 4.31 Å². The average molecular weight is 388 g/mol. The van der Waals surface area contributed by atoms with E-state index in [1.165, 1.54) is 0 Å². The summed E-state index contributed by atoms with van der Waals surface area (Å²) in [7, 11) is -4.09. The maximum Gasteiger partial charge on any atom is 0.371 e. The Balaban J connectivity index is 2.01. The van der Waals surface area contributed by atoms with E-state index in [1.807, 2.05) is 6.92 Å². The lowest BCUT2D eigenvalue weighted by molar-refractivity contribution is -0.124. The van der Waals surface area contributed by atoms with Crippen molar-refractivity contribution in [1.82, 2.24) is 9.62 Å². The Morgan fingerprint density at radius 2 is 2.15 bits per heavy atom. The molecular weight excluding hydrogens is 364 g/mol. The van der Waals surface area contributed by atoms with Crippen LogP contribution in [0.4, 0.5) is 0 Å². The highest BCUT2D eigenvalue weighted by Gasteiger charge is 2.41. The zero-order valence-corrected chi connectivity index (χ0v) is 15.4. The second-order valence-corrected chi connectivity index (χ2v) is 8.01. The quantitative estimate of drug-likeness (QED) is 0.532. The number of aliphatic hydroxyl groups is 1. The van der Waals surface area contributed by atoms with Gasteiger partial charge in [-0.15, -0.1) is 0 Å². The first-order chi connectivity index (χ1) is 12.3. The molecule has 3 N–H and O–H groups in total. The number of nitrogens with zero attached hydrogens (tertiary/aromatic N) is 1. The van der Waals surface area contributed by atoms with Gasteiger partial charge in [0.15, 0.2) is 0 Å². The van der Waals surface area contributed by atoms with Gasteiger partial charge in [-0.25, -0.2) is 13.2 Å². The van der Waals surface area contributed by atoms with Crippen LogP contribution in [0.2, 0.25) is 0 Å². The molecule has 0 saturated carbocycles. The zero-order valence-electron chi connectivity index (χ0n) is 14.6. The molecule has 9 nitrogen and oxygen atoms in total. The average Bonchev–Trinajstić information content (AvgIpc) is 3.27. The van der Waals surface area contributed by atoms with Crippen molar-refractivity contribution in [3.8, 4) is 0 Å². The molecule has 2 rings (SSSR count). The van der Waals surface area contributed by atoms with Crippen LogP contribution >= 0.6 is 0 Å². The molecule has 2 heterocycles. The fourth-order valence-electron chi connectivity index (χ4n) is 2.85. The van der Waals surface area contributed by atoms with Crippen molar-refractivity contribution in [2.24, 2.45) is 0 Å². The van der Waals surface area contributed by atoms with E-state index in [0.717, 1.165) is 16.4 Å². The SMILES string of the molecule is CCC(O)CCCNC(=O)C1CCCN1S(=O)(=O)c1ccc(C(=O)O)o1. The first-order valence-electron chi connectivity index (χ1n) is 8.58. The first-order valence-corrected chi connectivity index (χ1v) is 10.0. The van der Waals surface area contributed by atoms with Crippen molar-refractivity contribution in [2.45, 2.75) is 56.3 Å². The standard InChI is InChI=1S/C16H24N2O7S/c1-2-11(19)5-3-9-17-15(20)12-6-4-10-18(12)26(23,24)14-8-7-13(25-14)16(21)22/h7-8,11-12,19H,2-6,9-10H2,1H3,(H,17,20)(H,21,22). The lowest BCUT2D eigenvalue weighted by Crippen LogP contribution is -2.46. The van der Waals surface area contributed by atoms with E-state index in [-0.39, 0.29) is 6.54 Å². The van der Waals surface area contributed by atoms with Gasteiger partial charge in [0.25, 0.3) is 10.0 Å². The number of carbonyl (C=O) groups is 2. The van der Waals surface area contributed by atoms with Gasteiger partial charge in [-0.3, -0.25) is 4.79 Å². The summed E-state index contributed by atoms with van der Waals surface area (Å²) in [5, 5.41) is 20.6. The second kappa shape index (κ2) is 8.65. The van der Waals surface area contributed by atoms with Crippen molar-refractivity contribution in [3.05, 3.63) is 17.9 Å². The molecule has 10 heteroatoms. The molecule has 0 bridgehead atoms. The number of sulfonamides is 1. The summed E-state index contributed by atoms with van der Waals surface area (Å²) < 4.78 is 31.3. The van der Waals surface area contributed by atoms with Crippen LogP contribution in [0.5, 0.6) is 0 Å². The maximum absolute atomic E-state index is 12.7. The van der Waals surface area contributed by atoms with E-state index in [0.29, 0.717) is 38.6 Å². The summed E-state index contributed by atoms with van der Waals surface area (Å²) in [5.74, 6) is -2.24. The van der Waals surface area contributed by atoms with Gasteiger partial charge in [-0.1, -0.05) is 6.92 Å². The topological polar surface area (TPSA) is 137 Å². The molecule has 1 aromatic rings. The highest BCUT2D eigenvalue weighted by Crippen LogP contribution is 2.27. The number of amides is 1. The van der Waals surface area contributed by atoms with Crippen LogP contribution in [-0.4, -0.2) is 60.0 Å². The van der Waals surface area contributed by atoms with Crippen LogP contribution in [0, 0.1) is 0 Å². The number of aromatic carboxylic acids is 1. The molecule has 0 aliphatic carbocycles. The summed E-state index contributed by atoms with van der Waals surface area (Å²) in [6.45, 7) is 2.39. The molecular formula is C16H24N2O7S. The number of rotatable bonds is 9. The lowest BCUT2D eigenvalue weighted by atomic mass is 10.1. The molecule has 26 heavy (non-hydrogen) atoms. The third-order valence-corrected chi connectivity index (χ3v) is 6.13. The summed E-state index contributed by atoms with van der Waals surface area (Å²) >= 11 is 0.